The Morgan fingerprint density at radius 3 is 2.84 bits per heavy atom. The number of halogens is 1. The van der Waals surface area contributed by atoms with Gasteiger partial charge in [-0.15, -0.1) is 0 Å². The Kier molecular flexibility index (Phi) is 4.08. The molecule has 0 aliphatic heterocycles. The number of aliphatic carboxylic acids is 1. The molecule has 19 heavy (non-hydrogen) atoms. The molecule has 1 aromatic rings. The van der Waals surface area contributed by atoms with Crippen molar-refractivity contribution in [1.82, 2.24) is 0 Å². The fourth-order valence-electron chi connectivity index (χ4n) is 3.19. The molecule has 3 unspecified atom stereocenters. The summed E-state index contributed by atoms with van der Waals surface area (Å²) in [5.74, 6) is -1.46. The van der Waals surface area contributed by atoms with Gasteiger partial charge in [0.2, 0.25) is 0 Å². The van der Waals surface area contributed by atoms with Crippen molar-refractivity contribution in [2.45, 2.75) is 38.5 Å². The standard InChI is InChI=1S/C15H20FNO2/c1-9-3-2-4-10(7-9)14(15(18)19)12-8-11(16)5-6-13(12)17/h5-6,8-10,14H,2-4,7,17H2,1H3,(H,18,19). The summed E-state index contributed by atoms with van der Waals surface area (Å²) in [6.45, 7) is 2.14. The number of carboxylic acid groups (broad SMARTS) is 1. The highest BCUT2D eigenvalue weighted by molar-refractivity contribution is 5.79. The third-order valence-electron chi connectivity index (χ3n) is 4.10. The van der Waals surface area contributed by atoms with Crippen LogP contribution in [0.2, 0.25) is 0 Å². The van der Waals surface area contributed by atoms with Gasteiger partial charge in [-0.2, -0.15) is 0 Å². The number of benzene rings is 1. The highest BCUT2D eigenvalue weighted by Gasteiger charge is 2.34. The minimum Gasteiger partial charge on any atom is -0.481 e. The lowest BCUT2D eigenvalue weighted by Gasteiger charge is -2.31. The number of nitrogen functional groups attached to an aromatic ring is 1. The van der Waals surface area contributed by atoms with Crippen LogP contribution in [0.4, 0.5) is 10.1 Å². The van der Waals surface area contributed by atoms with E-state index in [0.717, 1.165) is 25.7 Å². The van der Waals surface area contributed by atoms with Crippen molar-refractivity contribution in [1.29, 1.82) is 0 Å². The second-order valence-corrected chi connectivity index (χ2v) is 5.62. The van der Waals surface area contributed by atoms with Crippen LogP contribution in [0.25, 0.3) is 0 Å². The number of carboxylic acids is 1. The first-order valence-corrected chi connectivity index (χ1v) is 6.76. The monoisotopic (exact) mass is 265 g/mol. The Hall–Kier alpha value is -1.58. The lowest BCUT2D eigenvalue weighted by atomic mass is 9.73. The summed E-state index contributed by atoms with van der Waals surface area (Å²) in [7, 11) is 0. The Morgan fingerprint density at radius 2 is 2.21 bits per heavy atom. The molecule has 3 atom stereocenters. The van der Waals surface area contributed by atoms with Crippen molar-refractivity contribution >= 4 is 11.7 Å². The average Bonchev–Trinajstić information content (AvgIpc) is 2.33. The molecule has 0 aromatic heterocycles. The van der Waals surface area contributed by atoms with Gasteiger partial charge in [-0.25, -0.2) is 4.39 Å². The smallest absolute Gasteiger partial charge is 0.311 e. The molecule has 3 N–H and O–H groups in total. The minimum atomic E-state index is -0.906. The molecule has 104 valence electrons. The van der Waals surface area contributed by atoms with Gasteiger partial charge in [0.15, 0.2) is 0 Å². The molecule has 1 fully saturated rings. The third kappa shape index (κ3) is 3.06. The van der Waals surface area contributed by atoms with E-state index in [2.05, 4.69) is 6.92 Å². The molecule has 0 radical (unpaired) electrons. The van der Waals surface area contributed by atoms with Gasteiger partial charge in [0.1, 0.15) is 5.82 Å². The quantitative estimate of drug-likeness (QED) is 0.823. The molecule has 3 nitrogen and oxygen atoms in total. The normalized spacial score (nSPS) is 24.9. The molecule has 0 amide bonds. The number of nitrogens with two attached hydrogens (primary N) is 1. The molecule has 4 heteroatoms. The van der Waals surface area contributed by atoms with Crippen molar-refractivity contribution in [2.75, 3.05) is 5.73 Å². The van der Waals surface area contributed by atoms with Crippen molar-refractivity contribution in [3.8, 4) is 0 Å². The van der Waals surface area contributed by atoms with Gasteiger partial charge >= 0.3 is 5.97 Å². The lowest BCUT2D eigenvalue weighted by molar-refractivity contribution is -0.140. The van der Waals surface area contributed by atoms with E-state index in [9.17, 15) is 14.3 Å². The van der Waals surface area contributed by atoms with Gasteiger partial charge in [-0.1, -0.05) is 19.8 Å². The molecular weight excluding hydrogens is 245 g/mol. The molecular formula is C15H20FNO2. The maximum atomic E-state index is 13.4. The van der Waals surface area contributed by atoms with Gasteiger partial charge in [0, 0.05) is 5.69 Å². The van der Waals surface area contributed by atoms with Gasteiger partial charge in [0.25, 0.3) is 0 Å². The molecule has 2 rings (SSSR count). The number of carbonyl (C=O) groups is 1. The zero-order valence-electron chi connectivity index (χ0n) is 11.1. The van der Waals surface area contributed by atoms with Crippen LogP contribution in [0.5, 0.6) is 0 Å². The second-order valence-electron chi connectivity index (χ2n) is 5.62. The highest BCUT2D eigenvalue weighted by atomic mass is 19.1. The van der Waals surface area contributed by atoms with E-state index in [-0.39, 0.29) is 5.92 Å². The van der Waals surface area contributed by atoms with Crippen LogP contribution in [-0.4, -0.2) is 11.1 Å². The molecule has 1 aromatic carbocycles. The largest absolute Gasteiger partial charge is 0.481 e. The zero-order valence-corrected chi connectivity index (χ0v) is 11.1. The summed E-state index contributed by atoms with van der Waals surface area (Å²) < 4.78 is 13.4. The van der Waals surface area contributed by atoms with Crippen molar-refractivity contribution in [3.05, 3.63) is 29.6 Å². The first kappa shape index (κ1) is 13.8. The van der Waals surface area contributed by atoms with E-state index >= 15 is 0 Å². The maximum absolute atomic E-state index is 13.4. The Bertz CT molecular complexity index is 475. The maximum Gasteiger partial charge on any atom is 0.311 e. The first-order chi connectivity index (χ1) is 8.99. The number of rotatable bonds is 3. The molecule has 1 aliphatic carbocycles. The van der Waals surface area contributed by atoms with E-state index in [1.807, 2.05) is 0 Å². The Balaban J connectivity index is 2.34. The first-order valence-electron chi connectivity index (χ1n) is 6.76. The summed E-state index contributed by atoms with van der Waals surface area (Å²) in [6, 6.07) is 3.99. The summed E-state index contributed by atoms with van der Waals surface area (Å²) in [5.41, 5.74) is 6.63. The van der Waals surface area contributed by atoms with E-state index < -0.39 is 17.7 Å². The van der Waals surface area contributed by atoms with Crippen LogP contribution >= 0.6 is 0 Å². The molecule has 1 saturated carbocycles. The predicted octanol–water partition coefficient (Wildman–Crippen LogP) is 3.40. The van der Waals surface area contributed by atoms with E-state index in [1.54, 1.807) is 0 Å². The molecule has 1 aliphatic rings. The van der Waals surface area contributed by atoms with Crippen LogP contribution in [0.1, 0.15) is 44.1 Å². The van der Waals surface area contributed by atoms with E-state index in [4.69, 9.17) is 5.73 Å². The molecule has 0 saturated heterocycles. The lowest BCUT2D eigenvalue weighted by Crippen LogP contribution is -2.27. The van der Waals surface area contributed by atoms with E-state index in [0.29, 0.717) is 17.2 Å². The van der Waals surface area contributed by atoms with Gasteiger partial charge < -0.3 is 10.8 Å². The van der Waals surface area contributed by atoms with Gasteiger partial charge in [0.05, 0.1) is 5.92 Å². The summed E-state index contributed by atoms with van der Waals surface area (Å²) in [4.78, 5) is 11.6. The zero-order chi connectivity index (χ0) is 14.0. The fourth-order valence-corrected chi connectivity index (χ4v) is 3.19. The minimum absolute atomic E-state index is 0.0466. The number of anilines is 1. The van der Waals surface area contributed by atoms with E-state index in [1.165, 1.54) is 18.2 Å². The van der Waals surface area contributed by atoms with Crippen molar-refractivity contribution in [3.63, 3.8) is 0 Å². The van der Waals surface area contributed by atoms with Crippen LogP contribution in [0, 0.1) is 17.7 Å². The summed E-state index contributed by atoms with van der Waals surface area (Å²) in [5, 5.41) is 9.50. The van der Waals surface area contributed by atoms with Crippen LogP contribution in [0.15, 0.2) is 18.2 Å². The Labute approximate surface area is 112 Å². The number of hydrogen-bond donors (Lipinski definition) is 2. The molecule has 0 bridgehead atoms. The molecule has 0 spiro atoms. The SMILES string of the molecule is CC1CCCC(C(C(=O)O)c2cc(F)ccc2N)C1. The topological polar surface area (TPSA) is 63.3 Å². The van der Waals surface area contributed by atoms with Crippen LogP contribution in [-0.2, 0) is 4.79 Å². The predicted molar refractivity (Wildman–Crippen MR) is 72.3 cm³/mol. The molecule has 0 heterocycles. The van der Waals surface area contributed by atoms with Crippen LogP contribution in [0.3, 0.4) is 0 Å². The summed E-state index contributed by atoms with van der Waals surface area (Å²) >= 11 is 0. The second kappa shape index (κ2) is 5.59. The van der Waals surface area contributed by atoms with Crippen molar-refractivity contribution < 1.29 is 14.3 Å². The van der Waals surface area contributed by atoms with Gasteiger partial charge in [-0.05, 0) is 48.4 Å². The van der Waals surface area contributed by atoms with Gasteiger partial charge in [-0.3, -0.25) is 4.79 Å². The fraction of sp³-hybridized carbons (Fsp3) is 0.533. The number of hydrogen-bond acceptors (Lipinski definition) is 2. The third-order valence-corrected chi connectivity index (χ3v) is 4.10. The Morgan fingerprint density at radius 1 is 1.47 bits per heavy atom. The van der Waals surface area contributed by atoms with Crippen molar-refractivity contribution in [2.24, 2.45) is 11.8 Å². The highest BCUT2D eigenvalue weighted by Crippen LogP contribution is 2.40. The van der Waals surface area contributed by atoms with Crippen LogP contribution < -0.4 is 5.73 Å². The summed E-state index contributed by atoms with van der Waals surface area (Å²) in [6.07, 6.45) is 3.91. The average molecular weight is 265 g/mol.